The van der Waals surface area contributed by atoms with Gasteiger partial charge in [-0.1, -0.05) is 13.8 Å². The molecule has 1 N–H and O–H groups in total. The van der Waals surface area contributed by atoms with Crippen LogP contribution in [0.2, 0.25) is 0 Å². The highest BCUT2D eigenvalue weighted by Gasteiger charge is 2.29. The van der Waals surface area contributed by atoms with Gasteiger partial charge < -0.3 is 14.8 Å². The van der Waals surface area contributed by atoms with E-state index in [-0.39, 0.29) is 5.92 Å². The van der Waals surface area contributed by atoms with Gasteiger partial charge in [0, 0.05) is 0 Å². The van der Waals surface area contributed by atoms with Crippen LogP contribution in [0.4, 0.5) is 4.79 Å². The topological polar surface area (TPSA) is 64.6 Å². The summed E-state index contributed by atoms with van der Waals surface area (Å²) in [6.07, 6.45) is 0.610. The van der Waals surface area contributed by atoms with Gasteiger partial charge in [-0.25, -0.2) is 9.59 Å². The smallest absolute Gasteiger partial charge is 0.408 e. The van der Waals surface area contributed by atoms with Gasteiger partial charge in [0.2, 0.25) is 0 Å². The van der Waals surface area contributed by atoms with Crippen LogP contribution in [-0.2, 0) is 14.3 Å². The summed E-state index contributed by atoms with van der Waals surface area (Å²) in [5.74, 6) is 1.76. The van der Waals surface area contributed by atoms with E-state index in [4.69, 9.17) is 9.47 Å². The highest BCUT2D eigenvalue weighted by molar-refractivity contribution is 8.17. The Morgan fingerprint density at radius 2 is 1.82 bits per heavy atom. The summed E-state index contributed by atoms with van der Waals surface area (Å²) in [6.45, 7) is 9.47. The molecule has 1 saturated heterocycles. The van der Waals surface area contributed by atoms with Gasteiger partial charge in [-0.2, -0.15) is 0 Å². The van der Waals surface area contributed by atoms with Gasteiger partial charge in [0.25, 0.3) is 0 Å². The molecule has 0 bridgehead atoms. The first-order chi connectivity index (χ1) is 10.2. The molecule has 1 atom stereocenters. The number of hydrogen-bond acceptors (Lipinski definition) is 6. The van der Waals surface area contributed by atoms with Gasteiger partial charge in [-0.3, -0.25) is 0 Å². The Morgan fingerprint density at radius 3 is 2.32 bits per heavy atom. The molecule has 1 heterocycles. The maximum atomic E-state index is 12.2. The van der Waals surface area contributed by atoms with Crippen molar-refractivity contribution in [1.82, 2.24) is 5.32 Å². The van der Waals surface area contributed by atoms with E-state index in [0.717, 1.165) is 11.5 Å². The van der Waals surface area contributed by atoms with Gasteiger partial charge >= 0.3 is 12.1 Å². The van der Waals surface area contributed by atoms with Crippen LogP contribution in [0.3, 0.4) is 0 Å². The molecule has 1 rings (SSSR count). The number of rotatable bonds is 5. The standard InChI is InChI=1S/C15H27NO4S2/c1-10(2)12(16-14(18)20-15(3,4)5)13(17)19-9-11-21-7-6-8-22-11/h10-12H,6-9H2,1-5H3,(H,16,18)/t12-/m0/s1. The number of carbonyl (C=O) groups is 2. The second kappa shape index (κ2) is 8.91. The Labute approximate surface area is 141 Å². The second-order valence-electron chi connectivity index (χ2n) is 6.52. The molecule has 0 saturated carbocycles. The van der Waals surface area contributed by atoms with Crippen LogP contribution in [0.5, 0.6) is 0 Å². The molecule has 5 nitrogen and oxygen atoms in total. The fourth-order valence-corrected chi connectivity index (χ4v) is 4.43. The second-order valence-corrected chi connectivity index (χ2v) is 9.44. The number of nitrogens with one attached hydrogen (secondary N) is 1. The van der Waals surface area contributed by atoms with Crippen LogP contribution in [0.15, 0.2) is 0 Å². The fourth-order valence-electron chi connectivity index (χ4n) is 1.81. The van der Waals surface area contributed by atoms with Crippen molar-refractivity contribution < 1.29 is 19.1 Å². The van der Waals surface area contributed by atoms with Crippen LogP contribution in [0.25, 0.3) is 0 Å². The summed E-state index contributed by atoms with van der Waals surface area (Å²) in [5.41, 5.74) is -0.592. The average Bonchev–Trinajstić information content (AvgIpc) is 2.41. The molecule has 1 fully saturated rings. The first-order valence-electron chi connectivity index (χ1n) is 7.58. The Bertz CT molecular complexity index is 376. The zero-order valence-electron chi connectivity index (χ0n) is 14.0. The lowest BCUT2D eigenvalue weighted by Crippen LogP contribution is -2.47. The number of esters is 1. The molecule has 0 aromatic heterocycles. The van der Waals surface area contributed by atoms with Gasteiger partial charge in [-0.15, -0.1) is 23.5 Å². The quantitative estimate of drug-likeness (QED) is 0.769. The fraction of sp³-hybridized carbons (Fsp3) is 0.867. The number of ether oxygens (including phenoxy) is 2. The van der Waals surface area contributed by atoms with E-state index < -0.39 is 23.7 Å². The summed E-state index contributed by atoms with van der Waals surface area (Å²) >= 11 is 3.64. The molecule has 22 heavy (non-hydrogen) atoms. The third-order valence-electron chi connectivity index (χ3n) is 2.85. The summed E-state index contributed by atoms with van der Waals surface area (Å²) in [5, 5.41) is 2.61. The predicted molar refractivity (Wildman–Crippen MR) is 92.3 cm³/mol. The third-order valence-corrected chi connectivity index (χ3v) is 5.73. The molecule has 0 radical (unpaired) electrons. The van der Waals surface area contributed by atoms with Crippen LogP contribution in [-0.4, -0.2) is 46.4 Å². The van der Waals surface area contributed by atoms with Crippen molar-refractivity contribution in [2.45, 2.75) is 57.3 Å². The first-order valence-corrected chi connectivity index (χ1v) is 9.68. The third kappa shape index (κ3) is 7.63. The molecular weight excluding hydrogens is 322 g/mol. The van der Waals surface area contributed by atoms with Gasteiger partial charge in [0.1, 0.15) is 18.2 Å². The van der Waals surface area contributed by atoms with E-state index in [1.165, 1.54) is 6.42 Å². The maximum absolute atomic E-state index is 12.2. The molecule has 1 aliphatic heterocycles. The molecule has 1 amide bonds. The molecular formula is C15H27NO4S2. The number of amides is 1. The van der Waals surface area contributed by atoms with Crippen LogP contribution in [0.1, 0.15) is 41.0 Å². The summed E-state index contributed by atoms with van der Waals surface area (Å²) in [6, 6.07) is -0.687. The van der Waals surface area contributed by atoms with Crippen molar-refractivity contribution in [2.24, 2.45) is 5.92 Å². The number of alkyl carbamates (subject to hydrolysis) is 1. The van der Waals surface area contributed by atoms with Crippen molar-refractivity contribution in [3.63, 3.8) is 0 Å². The van der Waals surface area contributed by atoms with E-state index in [9.17, 15) is 9.59 Å². The molecule has 1 aliphatic rings. The lowest BCUT2D eigenvalue weighted by molar-refractivity contribution is -0.146. The maximum Gasteiger partial charge on any atom is 0.408 e. The Balaban J connectivity index is 2.47. The molecule has 0 unspecified atom stereocenters. The minimum atomic E-state index is -0.687. The number of carbonyl (C=O) groups excluding carboxylic acids is 2. The van der Waals surface area contributed by atoms with Gasteiger partial charge in [0.05, 0.1) is 4.58 Å². The van der Waals surface area contributed by atoms with Crippen molar-refractivity contribution in [1.29, 1.82) is 0 Å². The number of hydrogen-bond donors (Lipinski definition) is 1. The molecule has 0 spiro atoms. The highest BCUT2D eigenvalue weighted by Crippen LogP contribution is 2.30. The average molecular weight is 350 g/mol. The van der Waals surface area contributed by atoms with Crippen LogP contribution >= 0.6 is 23.5 Å². The van der Waals surface area contributed by atoms with E-state index in [1.807, 2.05) is 37.4 Å². The Hall–Kier alpha value is -0.560. The lowest BCUT2D eigenvalue weighted by Gasteiger charge is -2.26. The molecule has 0 aromatic rings. The monoisotopic (exact) mass is 349 g/mol. The zero-order valence-corrected chi connectivity index (χ0v) is 15.6. The van der Waals surface area contributed by atoms with Crippen molar-refractivity contribution in [3.05, 3.63) is 0 Å². The highest BCUT2D eigenvalue weighted by atomic mass is 32.2. The minimum Gasteiger partial charge on any atom is -0.462 e. The SMILES string of the molecule is CC(C)[C@H](NC(=O)OC(C)(C)C)C(=O)OCC1SCCCS1. The normalized spacial score (nSPS) is 17.9. The molecule has 0 aliphatic carbocycles. The first kappa shape index (κ1) is 19.5. The summed E-state index contributed by atoms with van der Waals surface area (Å²) in [7, 11) is 0. The van der Waals surface area contributed by atoms with E-state index >= 15 is 0 Å². The molecule has 0 aromatic carbocycles. The zero-order chi connectivity index (χ0) is 16.8. The Kier molecular flexibility index (Phi) is 7.89. The molecule has 7 heteroatoms. The van der Waals surface area contributed by atoms with Crippen molar-refractivity contribution in [3.8, 4) is 0 Å². The van der Waals surface area contributed by atoms with Gasteiger partial charge in [0.15, 0.2) is 0 Å². The van der Waals surface area contributed by atoms with E-state index in [0.29, 0.717) is 11.2 Å². The van der Waals surface area contributed by atoms with Crippen molar-refractivity contribution in [2.75, 3.05) is 18.1 Å². The van der Waals surface area contributed by atoms with E-state index in [2.05, 4.69) is 5.32 Å². The number of thioether (sulfide) groups is 2. The van der Waals surface area contributed by atoms with Gasteiger partial charge in [-0.05, 0) is 44.6 Å². The Morgan fingerprint density at radius 1 is 1.23 bits per heavy atom. The molecule has 128 valence electrons. The van der Waals surface area contributed by atoms with Crippen LogP contribution in [0, 0.1) is 5.92 Å². The largest absolute Gasteiger partial charge is 0.462 e. The summed E-state index contributed by atoms with van der Waals surface area (Å²) < 4.78 is 10.9. The minimum absolute atomic E-state index is 0.0633. The van der Waals surface area contributed by atoms with E-state index in [1.54, 1.807) is 20.8 Å². The summed E-state index contributed by atoms with van der Waals surface area (Å²) in [4.78, 5) is 24.1. The predicted octanol–water partition coefficient (Wildman–Crippen LogP) is 3.28. The van der Waals surface area contributed by atoms with Crippen LogP contribution < -0.4 is 5.32 Å². The van der Waals surface area contributed by atoms with Crippen molar-refractivity contribution >= 4 is 35.6 Å². The lowest BCUT2D eigenvalue weighted by atomic mass is 10.1.